The molecule has 0 aliphatic carbocycles. The van der Waals surface area contributed by atoms with Gasteiger partial charge < -0.3 is 4.74 Å². The molecule has 2 aromatic rings. The lowest BCUT2D eigenvalue weighted by atomic mass is 9.79. The summed E-state index contributed by atoms with van der Waals surface area (Å²) in [6.07, 6.45) is 10.5. The first-order valence-electron chi connectivity index (χ1n) is 9.72. The van der Waals surface area contributed by atoms with Crippen LogP contribution in [0.5, 0.6) is 0 Å². The Morgan fingerprint density at radius 1 is 1.30 bits per heavy atom. The lowest BCUT2D eigenvalue weighted by molar-refractivity contribution is -0.103. The van der Waals surface area contributed by atoms with Crippen LogP contribution in [0, 0.1) is 5.41 Å². The van der Waals surface area contributed by atoms with Gasteiger partial charge in [-0.3, -0.25) is 4.90 Å². The Bertz CT molecular complexity index is 806. The van der Waals surface area contributed by atoms with Crippen molar-refractivity contribution in [1.82, 2.24) is 19.5 Å². The first-order valence-corrected chi connectivity index (χ1v) is 10.5. The maximum absolute atomic E-state index is 6.33. The van der Waals surface area contributed by atoms with Crippen LogP contribution < -0.4 is 0 Å². The molecule has 1 fully saturated rings. The number of halogens is 1. The molecule has 27 heavy (non-hydrogen) atoms. The Hall–Kier alpha value is -1.24. The van der Waals surface area contributed by atoms with E-state index in [9.17, 15) is 0 Å². The summed E-state index contributed by atoms with van der Waals surface area (Å²) < 4.78 is 9.02. The number of fused-ring (bicyclic) bond motifs is 1. The van der Waals surface area contributed by atoms with Gasteiger partial charge in [0.2, 0.25) is 0 Å². The van der Waals surface area contributed by atoms with E-state index in [1.54, 1.807) is 10.7 Å². The van der Waals surface area contributed by atoms with Gasteiger partial charge in [0.05, 0.1) is 28.6 Å². The zero-order valence-corrected chi connectivity index (χ0v) is 18.7. The lowest BCUT2D eigenvalue weighted by Crippen LogP contribution is -2.43. The summed E-state index contributed by atoms with van der Waals surface area (Å²) in [5.41, 5.74) is 1.79. The minimum absolute atomic E-state index is 0.128. The van der Waals surface area contributed by atoms with Gasteiger partial charge in [0.15, 0.2) is 5.65 Å². The van der Waals surface area contributed by atoms with E-state index in [1.165, 1.54) is 12.8 Å². The fourth-order valence-corrected chi connectivity index (χ4v) is 3.46. The fraction of sp³-hybridized carbons (Fsp3) is 0.619. The molecule has 0 unspecified atom stereocenters. The zero-order chi connectivity index (χ0) is 19.7. The molecule has 3 rings (SSSR count). The van der Waals surface area contributed by atoms with Crippen molar-refractivity contribution in [2.24, 2.45) is 5.41 Å². The van der Waals surface area contributed by atoms with Gasteiger partial charge in [-0.05, 0) is 66.7 Å². The van der Waals surface area contributed by atoms with Gasteiger partial charge in [0.1, 0.15) is 0 Å². The first-order chi connectivity index (χ1) is 12.7. The van der Waals surface area contributed by atoms with Crippen LogP contribution in [0.15, 0.2) is 29.0 Å². The van der Waals surface area contributed by atoms with Crippen LogP contribution in [0.4, 0.5) is 0 Å². The number of aromatic nitrogens is 3. The number of ether oxygens (including phenoxy) is 1. The molecule has 5 nitrogen and oxygen atoms in total. The predicted octanol–water partition coefficient (Wildman–Crippen LogP) is 4.81. The molecule has 0 bridgehead atoms. The SMILES string of the molecule is CC(C)(C)C(C)(C)OC[C@@H]1CCCN1C/C=C/c1ccn2ncc(Br)c2n1. The molecule has 0 saturated carbocycles. The second-order valence-corrected chi connectivity index (χ2v) is 9.73. The molecule has 1 saturated heterocycles. The molecule has 0 N–H and O–H groups in total. The molecule has 1 atom stereocenters. The fourth-order valence-electron chi connectivity index (χ4n) is 3.10. The average molecular weight is 435 g/mol. The number of nitrogens with zero attached hydrogens (tertiary/aromatic N) is 4. The number of likely N-dealkylation sites (tertiary alicyclic amines) is 1. The normalized spacial score (nSPS) is 19.6. The van der Waals surface area contributed by atoms with Crippen molar-refractivity contribution in [3.63, 3.8) is 0 Å². The van der Waals surface area contributed by atoms with Gasteiger partial charge in [0.25, 0.3) is 0 Å². The minimum Gasteiger partial charge on any atom is -0.373 e. The van der Waals surface area contributed by atoms with Crippen molar-refractivity contribution in [3.05, 3.63) is 34.7 Å². The predicted molar refractivity (Wildman–Crippen MR) is 114 cm³/mol. The molecule has 0 aromatic carbocycles. The molecule has 1 aliphatic rings. The van der Waals surface area contributed by atoms with Crippen LogP contribution in [-0.2, 0) is 4.74 Å². The molecule has 6 heteroatoms. The molecular formula is C21H31BrN4O. The monoisotopic (exact) mass is 434 g/mol. The average Bonchev–Trinajstić information content (AvgIpc) is 3.19. The third-order valence-electron chi connectivity index (χ3n) is 5.92. The van der Waals surface area contributed by atoms with Crippen molar-refractivity contribution in [3.8, 4) is 0 Å². The lowest BCUT2D eigenvalue weighted by Gasteiger charge is -2.40. The highest BCUT2D eigenvalue weighted by molar-refractivity contribution is 9.10. The molecule has 3 heterocycles. The van der Waals surface area contributed by atoms with Crippen molar-refractivity contribution < 1.29 is 4.74 Å². The Morgan fingerprint density at radius 2 is 2.07 bits per heavy atom. The van der Waals surface area contributed by atoms with Crippen LogP contribution in [0.3, 0.4) is 0 Å². The summed E-state index contributed by atoms with van der Waals surface area (Å²) in [6, 6.07) is 2.48. The van der Waals surface area contributed by atoms with E-state index in [4.69, 9.17) is 4.74 Å². The van der Waals surface area contributed by atoms with Crippen molar-refractivity contribution >= 4 is 27.7 Å². The van der Waals surface area contributed by atoms with Crippen LogP contribution in [0.25, 0.3) is 11.7 Å². The maximum Gasteiger partial charge on any atom is 0.169 e. The molecule has 0 spiro atoms. The van der Waals surface area contributed by atoms with E-state index in [0.717, 1.165) is 35.5 Å². The molecule has 148 valence electrons. The van der Waals surface area contributed by atoms with Gasteiger partial charge in [-0.2, -0.15) is 5.10 Å². The molecule has 0 radical (unpaired) electrons. The largest absolute Gasteiger partial charge is 0.373 e. The van der Waals surface area contributed by atoms with Gasteiger partial charge in [-0.1, -0.05) is 26.8 Å². The van der Waals surface area contributed by atoms with E-state index in [2.05, 4.69) is 77.7 Å². The summed E-state index contributed by atoms with van der Waals surface area (Å²) in [5.74, 6) is 0. The summed E-state index contributed by atoms with van der Waals surface area (Å²) >= 11 is 3.49. The number of rotatable bonds is 6. The van der Waals surface area contributed by atoms with E-state index in [1.807, 2.05) is 12.3 Å². The van der Waals surface area contributed by atoms with Crippen molar-refractivity contribution in [2.45, 2.75) is 59.1 Å². The van der Waals surface area contributed by atoms with E-state index in [-0.39, 0.29) is 11.0 Å². The third kappa shape index (κ3) is 4.79. The minimum atomic E-state index is -0.130. The highest BCUT2D eigenvalue weighted by Crippen LogP contribution is 2.33. The third-order valence-corrected chi connectivity index (χ3v) is 6.48. The van der Waals surface area contributed by atoms with E-state index in [0.29, 0.717) is 6.04 Å². The van der Waals surface area contributed by atoms with Crippen LogP contribution >= 0.6 is 15.9 Å². The number of hydrogen-bond donors (Lipinski definition) is 0. The molecule has 1 aliphatic heterocycles. The Kier molecular flexibility index (Phi) is 6.08. The smallest absolute Gasteiger partial charge is 0.169 e. The van der Waals surface area contributed by atoms with Gasteiger partial charge in [-0.25, -0.2) is 9.50 Å². The van der Waals surface area contributed by atoms with Gasteiger partial charge in [-0.15, -0.1) is 0 Å². The topological polar surface area (TPSA) is 42.7 Å². The Labute approximate surface area is 170 Å². The highest BCUT2D eigenvalue weighted by Gasteiger charge is 2.35. The van der Waals surface area contributed by atoms with Crippen LogP contribution in [-0.4, -0.2) is 50.8 Å². The van der Waals surface area contributed by atoms with Gasteiger partial charge in [0, 0.05) is 18.8 Å². The van der Waals surface area contributed by atoms with Crippen LogP contribution in [0.1, 0.15) is 53.2 Å². The second-order valence-electron chi connectivity index (χ2n) is 8.88. The summed E-state index contributed by atoms with van der Waals surface area (Å²) in [6.45, 7) is 14.0. The maximum atomic E-state index is 6.33. The Morgan fingerprint density at radius 3 is 2.81 bits per heavy atom. The zero-order valence-electron chi connectivity index (χ0n) is 17.1. The Balaban J connectivity index is 1.57. The van der Waals surface area contributed by atoms with E-state index < -0.39 is 0 Å². The molecule has 0 amide bonds. The summed E-state index contributed by atoms with van der Waals surface area (Å²) in [4.78, 5) is 7.15. The number of hydrogen-bond acceptors (Lipinski definition) is 4. The van der Waals surface area contributed by atoms with Crippen LogP contribution in [0.2, 0.25) is 0 Å². The van der Waals surface area contributed by atoms with E-state index >= 15 is 0 Å². The quantitative estimate of drug-likeness (QED) is 0.653. The second kappa shape index (κ2) is 8.02. The highest BCUT2D eigenvalue weighted by atomic mass is 79.9. The summed E-state index contributed by atoms with van der Waals surface area (Å²) in [7, 11) is 0. The standard InChI is InChI=1S/C21H31BrN4O/c1-20(2,3)21(4,5)27-15-17-9-7-12-25(17)11-6-8-16-10-13-26-19(24-16)18(22)14-23-26/h6,8,10,13-14,17H,7,9,11-12,15H2,1-5H3/b8-6+/t17-/m0/s1. The first kappa shape index (κ1) is 20.5. The summed E-state index contributed by atoms with van der Waals surface area (Å²) in [5, 5.41) is 4.23. The van der Waals surface area contributed by atoms with Gasteiger partial charge >= 0.3 is 0 Å². The molecule has 2 aromatic heterocycles. The van der Waals surface area contributed by atoms with Crippen molar-refractivity contribution in [2.75, 3.05) is 19.7 Å². The molecular weight excluding hydrogens is 404 g/mol. The van der Waals surface area contributed by atoms with Crippen molar-refractivity contribution in [1.29, 1.82) is 0 Å².